The molecule has 0 bridgehead atoms. The van der Waals surface area contributed by atoms with Gasteiger partial charge in [-0.1, -0.05) is 0 Å². The summed E-state index contributed by atoms with van der Waals surface area (Å²) in [5, 5.41) is 19.2. The van der Waals surface area contributed by atoms with Crippen LogP contribution in [0.4, 0.5) is 10.1 Å². The Kier molecular flexibility index (Phi) is 3.51. The molecule has 2 N–H and O–H groups in total. The SMILES string of the molecule is N#CC(=Cc1ccc(F)cc1[N+](=O)[O-])C(N)=O. The average molecular weight is 235 g/mol. The molecule has 1 aromatic carbocycles. The number of hydrogen-bond acceptors (Lipinski definition) is 4. The molecule has 0 unspecified atom stereocenters. The Balaban J connectivity index is 3.38. The van der Waals surface area contributed by atoms with E-state index in [9.17, 15) is 19.3 Å². The van der Waals surface area contributed by atoms with Crippen LogP contribution < -0.4 is 5.73 Å². The maximum Gasteiger partial charge on any atom is 0.279 e. The Morgan fingerprint density at radius 3 is 2.71 bits per heavy atom. The van der Waals surface area contributed by atoms with Gasteiger partial charge in [0, 0.05) is 0 Å². The lowest BCUT2D eigenvalue weighted by molar-refractivity contribution is -0.385. The summed E-state index contributed by atoms with van der Waals surface area (Å²) < 4.78 is 12.8. The molecular formula is C10H6FN3O3. The van der Waals surface area contributed by atoms with E-state index >= 15 is 0 Å². The van der Waals surface area contributed by atoms with Crippen molar-refractivity contribution >= 4 is 17.7 Å². The Morgan fingerprint density at radius 2 is 2.24 bits per heavy atom. The number of hydrogen-bond donors (Lipinski definition) is 1. The van der Waals surface area contributed by atoms with E-state index in [2.05, 4.69) is 0 Å². The van der Waals surface area contributed by atoms with Crippen molar-refractivity contribution in [3.63, 3.8) is 0 Å². The van der Waals surface area contributed by atoms with Crippen molar-refractivity contribution in [3.05, 3.63) is 45.3 Å². The summed E-state index contributed by atoms with van der Waals surface area (Å²) in [7, 11) is 0. The molecule has 0 heterocycles. The van der Waals surface area contributed by atoms with Gasteiger partial charge >= 0.3 is 0 Å². The van der Waals surface area contributed by atoms with E-state index in [1.165, 1.54) is 6.07 Å². The Morgan fingerprint density at radius 1 is 1.59 bits per heavy atom. The molecule has 1 rings (SSSR count). The third-order valence-corrected chi connectivity index (χ3v) is 1.87. The molecule has 0 aliphatic heterocycles. The molecule has 0 radical (unpaired) electrons. The summed E-state index contributed by atoms with van der Waals surface area (Å²) in [5.41, 5.74) is 3.83. The summed E-state index contributed by atoms with van der Waals surface area (Å²) in [5.74, 6) is -1.79. The quantitative estimate of drug-likeness (QED) is 0.366. The summed E-state index contributed by atoms with van der Waals surface area (Å²) in [6, 6.07) is 4.27. The largest absolute Gasteiger partial charge is 0.365 e. The summed E-state index contributed by atoms with van der Waals surface area (Å²) in [6.45, 7) is 0. The van der Waals surface area contributed by atoms with Crippen molar-refractivity contribution < 1.29 is 14.1 Å². The van der Waals surface area contributed by atoms with Crippen molar-refractivity contribution in [3.8, 4) is 6.07 Å². The number of benzene rings is 1. The number of nitrogens with two attached hydrogens (primary N) is 1. The van der Waals surface area contributed by atoms with Gasteiger partial charge in [-0.25, -0.2) is 4.39 Å². The first-order valence-corrected chi connectivity index (χ1v) is 4.31. The number of carbonyl (C=O) groups excluding carboxylic acids is 1. The number of carbonyl (C=O) groups is 1. The number of rotatable bonds is 3. The molecule has 0 spiro atoms. The topological polar surface area (TPSA) is 110 Å². The zero-order valence-electron chi connectivity index (χ0n) is 8.38. The highest BCUT2D eigenvalue weighted by atomic mass is 19.1. The van der Waals surface area contributed by atoms with Crippen molar-refractivity contribution in [2.45, 2.75) is 0 Å². The van der Waals surface area contributed by atoms with Crippen LogP contribution in [0.5, 0.6) is 0 Å². The van der Waals surface area contributed by atoms with Gasteiger partial charge in [-0.2, -0.15) is 5.26 Å². The van der Waals surface area contributed by atoms with Crippen LogP contribution in [0.1, 0.15) is 5.56 Å². The van der Waals surface area contributed by atoms with Crippen molar-refractivity contribution in [1.29, 1.82) is 5.26 Å². The predicted molar refractivity (Wildman–Crippen MR) is 55.8 cm³/mol. The lowest BCUT2D eigenvalue weighted by atomic mass is 10.1. The Labute approximate surface area is 94.9 Å². The number of nitro benzene ring substituents is 1. The zero-order valence-corrected chi connectivity index (χ0v) is 8.38. The van der Waals surface area contributed by atoms with Crippen molar-refractivity contribution in [1.82, 2.24) is 0 Å². The molecule has 86 valence electrons. The summed E-state index contributed by atoms with van der Waals surface area (Å²) >= 11 is 0. The van der Waals surface area contributed by atoms with Crippen LogP contribution in [0.2, 0.25) is 0 Å². The van der Waals surface area contributed by atoms with Gasteiger partial charge in [0.15, 0.2) is 0 Å². The summed E-state index contributed by atoms with van der Waals surface area (Å²) in [4.78, 5) is 20.6. The molecule has 0 aliphatic rings. The molecule has 1 amide bonds. The van der Waals surface area contributed by atoms with Gasteiger partial charge in [0.25, 0.3) is 11.6 Å². The van der Waals surface area contributed by atoms with Crippen LogP contribution >= 0.6 is 0 Å². The van der Waals surface area contributed by atoms with Crippen LogP contribution in [0.15, 0.2) is 23.8 Å². The Bertz CT molecular complexity index is 560. The first kappa shape index (κ1) is 12.3. The fourth-order valence-corrected chi connectivity index (χ4v) is 1.11. The van der Waals surface area contributed by atoms with Gasteiger partial charge < -0.3 is 5.73 Å². The minimum Gasteiger partial charge on any atom is -0.365 e. The standard InChI is InChI=1S/C10H6FN3O3/c11-8-2-1-6(9(4-8)14(16)17)3-7(5-12)10(13)15/h1-4H,(H2,13,15). The lowest BCUT2D eigenvalue weighted by Gasteiger charge is -1.98. The van der Waals surface area contributed by atoms with Crippen molar-refractivity contribution in [2.75, 3.05) is 0 Å². The normalized spacial score (nSPS) is 10.7. The van der Waals surface area contributed by atoms with E-state index in [0.717, 1.165) is 18.2 Å². The fourth-order valence-electron chi connectivity index (χ4n) is 1.11. The molecule has 0 fully saturated rings. The van der Waals surface area contributed by atoms with Crippen LogP contribution in [-0.2, 0) is 4.79 Å². The number of primary amides is 1. The second-order valence-corrected chi connectivity index (χ2v) is 2.99. The van der Waals surface area contributed by atoms with Crippen LogP contribution in [0.25, 0.3) is 6.08 Å². The third kappa shape index (κ3) is 2.85. The molecule has 0 aliphatic carbocycles. The molecule has 17 heavy (non-hydrogen) atoms. The highest BCUT2D eigenvalue weighted by Crippen LogP contribution is 2.22. The molecule has 0 saturated heterocycles. The number of nitro groups is 1. The van der Waals surface area contributed by atoms with E-state index in [4.69, 9.17) is 11.0 Å². The first-order chi connectivity index (χ1) is 7.95. The number of nitriles is 1. The van der Waals surface area contributed by atoms with Crippen LogP contribution in [0, 0.1) is 27.3 Å². The highest BCUT2D eigenvalue weighted by Gasteiger charge is 2.15. The Hall–Kier alpha value is -2.75. The molecule has 0 aromatic heterocycles. The number of nitrogens with zero attached hydrogens (tertiary/aromatic N) is 2. The van der Waals surface area contributed by atoms with E-state index in [1.54, 1.807) is 0 Å². The highest BCUT2D eigenvalue weighted by molar-refractivity contribution is 6.01. The maximum absolute atomic E-state index is 12.8. The zero-order chi connectivity index (χ0) is 13.0. The smallest absolute Gasteiger partial charge is 0.279 e. The molecule has 7 heteroatoms. The predicted octanol–water partition coefficient (Wildman–Crippen LogP) is 1.13. The molecule has 6 nitrogen and oxygen atoms in total. The first-order valence-electron chi connectivity index (χ1n) is 4.31. The van der Waals surface area contributed by atoms with Gasteiger partial charge in [0.1, 0.15) is 17.5 Å². The number of amides is 1. The van der Waals surface area contributed by atoms with Crippen LogP contribution in [0.3, 0.4) is 0 Å². The molecule has 0 atom stereocenters. The van der Waals surface area contributed by atoms with Crippen molar-refractivity contribution in [2.24, 2.45) is 5.73 Å². The average Bonchev–Trinajstić information content (AvgIpc) is 2.26. The van der Waals surface area contributed by atoms with Gasteiger partial charge in [-0.3, -0.25) is 14.9 Å². The van der Waals surface area contributed by atoms with Gasteiger partial charge in [-0.15, -0.1) is 0 Å². The lowest BCUT2D eigenvalue weighted by Crippen LogP contribution is -2.12. The molecular weight excluding hydrogens is 229 g/mol. The fraction of sp³-hybridized carbons (Fsp3) is 0. The second-order valence-electron chi connectivity index (χ2n) is 2.99. The van der Waals surface area contributed by atoms with E-state index in [0.29, 0.717) is 6.07 Å². The minimum absolute atomic E-state index is 0.0632. The monoisotopic (exact) mass is 235 g/mol. The van der Waals surface area contributed by atoms with E-state index < -0.39 is 27.9 Å². The van der Waals surface area contributed by atoms with E-state index in [-0.39, 0.29) is 5.56 Å². The number of halogens is 1. The maximum atomic E-state index is 12.8. The van der Waals surface area contributed by atoms with Crippen LogP contribution in [-0.4, -0.2) is 10.8 Å². The molecule has 1 aromatic rings. The van der Waals surface area contributed by atoms with Gasteiger partial charge in [0.05, 0.1) is 16.6 Å². The third-order valence-electron chi connectivity index (χ3n) is 1.87. The second kappa shape index (κ2) is 4.85. The minimum atomic E-state index is -1.01. The van der Waals surface area contributed by atoms with E-state index in [1.807, 2.05) is 0 Å². The summed E-state index contributed by atoms with van der Waals surface area (Å²) in [6.07, 6.45) is 0.944. The molecule has 0 saturated carbocycles. The van der Waals surface area contributed by atoms with Gasteiger partial charge in [-0.05, 0) is 18.2 Å². The van der Waals surface area contributed by atoms with Gasteiger partial charge in [0.2, 0.25) is 0 Å².